The molecule has 3 aromatic rings. The lowest BCUT2D eigenvalue weighted by Gasteiger charge is -1.80. The van der Waals surface area contributed by atoms with E-state index < -0.39 is 0 Å². The number of fused-ring (bicyclic) bond motifs is 1. The molecular weight excluding hydrogens is 196 g/mol. The second-order valence-corrected chi connectivity index (χ2v) is 3.33. The molecule has 0 bridgehead atoms. The first kappa shape index (κ1) is 8.90. The third-order valence-electron chi connectivity index (χ3n) is 1.55. The summed E-state index contributed by atoms with van der Waals surface area (Å²) in [4.78, 5) is 7.57. The minimum atomic E-state index is 1.10. The molecule has 1 radical (unpaired) electrons. The van der Waals surface area contributed by atoms with E-state index in [2.05, 4.69) is 26.8 Å². The molecule has 0 aliphatic rings. The van der Waals surface area contributed by atoms with Gasteiger partial charge in [0.15, 0.2) is 0 Å². The van der Waals surface area contributed by atoms with Crippen LogP contribution in [0.25, 0.3) is 10.2 Å². The maximum Gasteiger partial charge on any atom is 0.283 e. The van der Waals surface area contributed by atoms with Gasteiger partial charge >= 0.3 is 0 Å². The van der Waals surface area contributed by atoms with Crippen molar-refractivity contribution in [2.75, 3.05) is 0 Å². The van der Waals surface area contributed by atoms with Gasteiger partial charge in [0.1, 0.15) is 6.26 Å². The van der Waals surface area contributed by atoms with E-state index >= 15 is 0 Å². The Morgan fingerprint density at radius 2 is 2.21 bits per heavy atom. The summed E-state index contributed by atoms with van der Waals surface area (Å²) in [6.45, 7) is 0. The molecule has 1 aromatic carbocycles. The van der Waals surface area contributed by atoms with Crippen LogP contribution in [0, 0.1) is 6.39 Å². The predicted molar refractivity (Wildman–Crippen MR) is 55.0 cm³/mol. The molecule has 0 aliphatic carbocycles. The Hall–Kier alpha value is -1.68. The number of nitrogens with zero attached hydrogens (tertiary/aromatic N) is 2. The highest BCUT2D eigenvalue weighted by atomic mass is 32.1. The summed E-state index contributed by atoms with van der Waals surface area (Å²) < 4.78 is 5.61. The SMILES string of the molecule is [c]1ncco1.c1ccc2scnc2c1. The molecule has 0 saturated heterocycles. The van der Waals surface area contributed by atoms with Crippen LogP contribution in [0.5, 0.6) is 0 Å². The Labute approximate surface area is 85.0 Å². The molecule has 0 unspecified atom stereocenters. The van der Waals surface area contributed by atoms with E-state index in [1.54, 1.807) is 11.3 Å². The summed E-state index contributed by atoms with van der Waals surface area (Å²) in [5.41, 5.74) is 2.97. The van der Waals surface area contributed by atoms with Crippen molar-refractivity contribution in [3.8, 4) is 0 Å². The van der Waals surface area contributed by atoms with Gasteiger partial charge < -0.3 is 4.42 Å². The normalized spacial score (nSPS) is 9.43. The van der Waals surface area contributed by atoms with E-state index in [0.717, 1.165) is 5.52 Å². The molecule has 3 nitrogen and oxygen atoms in total. The van der Waals surface area contributed by atoms with Gasteiger partial charge in [0, 0.05) is 0 Å². The Kier molecular flexibility index (Phi) is 2.88. The van der Waals surface area contributed by atoms with Gasteiger partial charge in [-0.2, -0.15) is 0 Å². The maximum atomic E-state index is 4.35. The van der Waals surface area contributed by atoms with Gasteiger partial charge in [0.05, 0.1) is 21.9 Å². The van der Waals surface area contributed by atoms with Crippen LogP contribution in [0.2, 0.25) is 0 Å². The minimum Gasteiger partial charge on any atom is -0.441 e. The minimum absolute atomic E-state index is 1.10. The molecule has 14 heavy (non-hydrogen) atoms. The number of hydrogen-bond acceptors (Lipinski definition) is 4. The lowest BCUT2D eigenvalue weighted by molar-refractivity contribution is 0.548. The molecule has 0 atom stereocenters. The number of thiazole rings is 1. The second-order valence-electron chi connectivity index (χ2n) is 2.44. The van der Waals surface area contributed by atoms with E-state index in [1.807, 2.05) is 23.7 Å². The third-order valence-corrected chi connectivity index (χ3v) is 2.36. The largest absolute Gasteiger partial charge is 0.441 e. The van der Waals surface area contributed by atoms with Crippen LogP contribution in [-0.2, 0) is 0 Å². The predicted octanol–water partition coefficient (Wildman–Crippen LogP) is 2.77. The van der Waals surface area contributed by atoms with E-state index in [1.165, 1.54) is 17.2 Å². The maximum absolute atomic E-state index is 4.35. The number of oxazole rings is 1. The van der Waals surface area contributed by atoms with Crippen molar-refractivity contribution in [1.82, 2.24) is 9.97 Å². The second kappa shape index (κ2) is 4.53. The molecule has 0 N–H and O–H groups in total. The quantitative estimate of drug-likeness (QED) is 0.564. The van der Waals surface area contributed by atoms with Crippen molar-refractivity contribution in [3.05, 3.63) is 48.6 Å². The van der Waals surface area contributed by atoms with Crippen LogP contribution < -0.4 is 0 Å². The zero-order valence-electron chi connectivity index (χ0n) is 7.25. The molecule has 2 heterocycles. The van der Waals surface area contributed by atoms with Crippen LogP contribution in [0.3, 0.4) is 0 Å². The van der Waals surface area contributed by atoms with Gasteiger partial charge in [0.2, 0.25) is 0 Å². The van der Waals surface area contributed by atoms with Gasteiger partial charge in [0.25, 0.3) is 6.39 Å². The van der Waals surface area contributed by atoms with Crippen molar-refractivity contribution < 1.29 is 4.42 Å². The van der Waals surface area contributed by atoms with Gasteiger partial charge in [-0.25, -0.2) is 9.97 Å². The van der Waals surface area contributed by atoms with E-state index in [-0.39, 0.29) is 0 Å². The van der Waals surface area contributed by atoms with Crippen molar-refractivity contribution in [2.24, 2.45) is 0 Å². The van der Waals surface area contributed by atoms with Crippen LogP contribution >= 0.6 is 11.3 Å². The van der Waals surface area contributed by atoms with Crippen LogP contribution in [0.15, 0.2) is 46.7 Å². The number of hydrogen-bond donors (Lipinski definition) is 0. The molecule has 3 rings (SSSR count). The summed E-state index contributed by atoms with van der Waals surface area (Å²) in [5, 5.41) is 0. The molecule has 2 aromatic heterocycles. The standard InChI is InChI=1S/C7H5NS.C3H2NO/c1-2-4-7-6(3-1)8-5-9-7;1-2-5-3-4-1/h1-5H;1-2H. The van der Waals surface area contributed by atoms with Gasteiger partial charge in [-0.3, -0.25) is 0 Å². The Morgan fingerprint density at radius 3 is 2.86 bits per heavy atom. The molecular formula is C10H7N2OS. The Bertz CT molecular complexity index is 428. The van der Waals surface area contributed by atoms with Crippen LogP contribution in [0.4, 0.5) is 0 Å². The molecule has 69 valence electrons. The van der Waals surface area contributed by atoms with Gasteiger partial charge in [-0.1, -0.05) is 12.1 Å². The van der Waals surface area contributed by atoms with E-state index in [0.29, 0.717) is 0 Å². The number of rotatable bonds is 0. The highest BCUT2D eigenvalue weighted by Crippen LogP contribution is 2.15. The summed E-state index contributed by atoms with van der Waals surface area (Å²) in [7, 11) is 0. The first-order chi connectivity index (χ1) is 6.97. The van der Waals surface area contributed by atoms with Crippen LogP contribution in [-0.4, -0.2) is 9.97 Å². The molecule has 0 amide bonds. The Morgan fingerprint density at radius 1 is 1.29 bits per heavy atom. The highest BCUT2D eigenvalue weighted by Gasteiger charge is 1.89. The summed E-state index contributed by atoms with van der Waals surface area (Å²) in [6.07, 6.45) is 5.22. The smallest absolute Gasteiger partial charge is 0.283 e. The van der Waals surface area contributed by atoms with Crippen molar-refractivity contribution >= 4 is 21.6 Å². The molecule has 0 aliphatic heterocycles. The first-order valence-corrected chi connectivity index (χ1v) is 4.88. The number of benzene rings is 1. The first-order valence-electron chi connectivity index (χ1n) is 4.00. The zero-order valence-corrected chi connectivity index (χ0v) is 8.07. The lowest BCUT2D eigenvalue weighted by atomic mass is 10.3. The summed E-state index contributed by atoms with van der Waals surface area (Å²) in [5.74, 6) is 0. The molecule has 0 fully saturated rings. The fraction of sp³-hybridized carbons (Fsp3) is 0. The van der Waals surface area contributed by atoms with E-state index in [9.17, 15) is 0 Å². The third kappa shape index (κ3) is 2.17. The lowest BCUT2D eigenvalue weighted by Crippen LogP contribution is -1.61. The molecule has 0 saturated carbocycles. The Balaban J connectivity index is 0.000000128. The topological polar surface area (TPSA) is 38.9 Å². The summed E-state index contributed by atoms with van der Waals surface area (Å²) >= 11 is 1.68. The van der Waals surface area contributed by atoms with Crippen LogP contribution in [0.1, 0.15) is 0 Å². The fourth-order valence-corrected chi connectivity index (χ4v) is 1.63. The molecule has 0 spiro atoms. The van der Waals surface area contributed by atoms with Gasteiger partial charge in [-0.05, 0) is 12.1 Å². The van der Waals surface area contributed by atoms with Crippen molar-refractivity contribution in [1.29, 1.82) is 0 Å². The monoisotopic (exact) mass is 203 g/mol. The number of para-hydroxylation sites is 1. The van der Waals surface area contributed by atoms with E-state index in [4.69, 9.17) is 0 Å². The number of aromatic nitrogens is 2. The fourth-order valence-electron chi connectivity index (χ4n) is 0.956. The summed E-state index contributed by atoms with van der Waals surface area (Å²) in [6, 6.07) is 8.13. The average molecular weight is 203 g/mol. The zero-order chi connectivity index (χ0) is 9.64. The highest BCUT2D eigenvalue weighted by molar-refractivity contribution is 7.16. The average Bonchev–Trinajstić information content (AvgIpc) is 2.92. The van der Waals surface area contributed by atoms with Crippen molar-refractivity contribution in [3.63, 3.8) is 0 Å². The molecule has 4 heteroatoms. The van der Waals surface area contributed by atoms with Crippen molar-refractivity contribution in [2.45, 2.75) is 0 Å². The van der Waals surface area contributed by atoms with Gasteiger partial charge in [-0.15, -0.1) is 11.3 Å².